The standard InChI is InChI=1S/C18H12N6O3/c1-26-17-10(7-19)4-5-20-16(17)18(25)22-12-2-3-14-13(6-12)15(24-23-14)11-8-21-27-9-11/h2-6,8-9H,1H3,(H,22,25)(H,23,24). The molecule has 0 radical (unpaired) electrons. The van der Waals surface area contributed by atoms with Gasteiger partial charge in [0.1, 0.15) is 18.0 Å². The highest BCUT2D eigenvalue weighted by Gasteiger charge is 2.18. The first-order chi connectivity index (χ1) is 13.2. The molecule has 1 amide bonds. The molecule has 0 saturated carbocycles. The Morgan fingerprint density at radius 1 is 1.37 bits per heavy atom. The van der Waals surface area contributed by atoms with Crippen molar-refractivity contribution in [2.75, 3.05) is 12.4 Å². The van der Waals surface area contributed by atoms with Crippen molar-refractivity contribution in [3.8, 4) is 23.1 Å². The third-order valence-electron chi connectivity index (χ3n) is 3.97. The Bertz CT molecular complexity index is 1170. The molecule has 2 N–H and O–H groups in total. The van der Waals surface area contributed by atoms with E-state index in [0.29, 0.717) is 11.4 Å². The maximum atomic E-state index is 12.6. The summed E-state index contributed by atoms with van der Waals surface area (Å²) in [6.45, 7) is 0. The zero-order chi connectivity index (χ0) is 18.8. The number of methoxy groups -OCH3 is 1. The van der Waals surface area contributed by atoms with Crippen molar-refractivity contribution in [3.63, 3.8) is 0 Å². The molecule has 0 unspecified atom stereocenters. The number of nitriles is 1. The van der Waals surface area contributed by atoms with Crippen LogP contribution < -0.4 is 10.1 Å². The lowest BCUT2D eigenvalue weighted by Crippen LogP contribution is -2.15. The van der Waals surface area contributed by atoms with E-state index in [9.17, 15) is 4.79 Å². The fourth-order valence-electron chi connectivity index (χ4n) is 2.73. The Labute approximate surface area is 152 Å². The molecule has 0 aliphatic carbocycles. The molecule has 3 aromatic heterocycles. The fraction of sp³-hybridized carbons (Fsp3) is 0.0556. The molecule has 0 atom stereocenters. The Hall–Kier alpha value is -4.19. The number of fused-ring (bicyclic) bond motifs is 1. The van der Waals surface area contributed by atoms with E-state index in [1.807, 2.05) is 6.07 Å². The molecule has 0 aliphatic heterocycles. The summed E-state index contributed by atoms with van der Waals surface area (Å²) < 4.78 is 10.0. The number of nitrogens with one attached hydrogen (secondary N) is 2. The van der Waals surface area contributed by atoms with Crippen LogP contribution in [0.5, 0.6) is 5.75 Å². The van der Waals surface area contributed by atoms with Gasteiger partial charge in [0.25, 0.3) is 5.91 Å². The summed E-state index contributed by atoms with van der Waals surface area (Å²) in [6.07, 6.45) is 4.44. The number of rotatable bonds is 4. The number of ether oxygens (including phenoxy) is 1. The van der Waals surface area contributed by atoms with Gasteiger partial charge >= 0.3 is 0 Å². The van der Waals surface area contributed by atoms with Gasteiger partial charge in [-0.25, -0.2) is 4.98 Å². The van der Waals surface area contributed by atoms with Gasteiger partial charge in [-0.15, -0.1) is 0 Å². The number of anilines is 1. The van der Waals surface area contributed by atoms with Gasteiger partial charge in [-0.3, -0.25) is 9.89 Å². The fourth-order valence-corrected chi connectivity index (χ4v) is 2.73. The molecule has 9 heteroatoms. The minimum atomic E-state index is -0.488. The van der Waals surface area contributed by atoms with Crippen LogP contribution in [0.4, 0.5) is 5.69 Å². The molecular formula is C18H12N6O3. The van der Waals surface area contributed by atoms with E-state index in [-0.39, 0.29) is 17.0 Å². The van der Waals surface area contributed by atoms with E-state index >= 15 is 0 Å². The van der Waals surface area contributed by atoms with Crippen molar-refractivity contribution in [1.29, 1.82) is 5.26 Å². The summed E-state index contributed by atoms with van der Waals surface area (Å²) in [5.41, 5.74) is 2.98. The highest BCUT2D eigenvalue weighted by atomic mass is 16.5. The molecule has 3 heterocycles. The SMILES string of the molecule is COc1c(C#N)ccnc1C(=O)Nc1ccc2[nH]nc(-c3cnoc3)c2c1. The molecule has 0 saturated heterocycles. The summed E-state index contributed by atoms with van der Waals surface area (Å²) in [6, 6.07) is 8.77. The second kappa shape index (κ2) is 6.61. The van der Waals surface area contributed by atoms with Crippen LogP contribution in [0.1, 0.15) is 16.1 Å². The first kappa shape index (κ1) is 16.3. The van der Waals surface area contributed by atoms with Gasteiger partial charge in [0, 0.05) is 17.3 Å². The van der Waals surface area contributed by atoms with E-state index in [4.69, 9.17) is 14.5 Å². The number of amides is 1. The Kier molecular flexibility index (Phi) is 3.99. The van der Waals surface area contributed by atoms with Crippen molar-refractivity contribution in [2.24, 2.45) is 0 Å². The maximum Gasteiger partial charge on any atom is 0.278 e. The first-order valence-corrected chi connectivity index (χ1v) is 7.83. The molecule has 1 aromatic carbocycles. The van der Waals surface area contributed by atoms with Gasteiger partial charge in [0.2, 0.25) is 0 Å². The lowest BCUT2D eigenvalue weighted by atomic mass is 10.1. The lowest BCUT2D eigenvalue weighted by molar-refractivity contribution is 0.101. The van der Waals surface area contributed by atoms with Crippen LogP contribution in [0, 0.1) is 11.3 Å². The monoisotopic (exact) mass is 360 g/mol. The van der Waals surface area contributed by atoms with Gasteiger partial charge in [0.15, 0.2) is 11.4 Å². The number of carbonyl (C=O) groups is 1. The van der Waals surface area contributed by atoms with Gasteiger partial charge < -0.3 is 14.6 Å². The minimum Gasteiger partial charge on any atom is -0.493 e. The maximum absolute atomic E-state index is 12.6. The third-order valence-corrected chi connectivity index (χ3v) is 3.97. The van der Waals surface area contributed by atoms with E-state index in [0.717, 1.165) is 16.5 Å². The van der Waals surface area contributed by atoms with Crippen molar-refractivity contribution >= 4 is 22.5 Å². The molecule has 9 nitrogen and oxygen atoms in total. The van der Waals surface area contributed by atoms with Crippen molar-refractivity contribution in [2.45, 2.75) is 0 Å². The lowest BCUT2D eigenvalue weighted by Gasteiger charge is -2.09. The normalized spacial score (nSPS) is 10.5. The zero-order valence-electron chi connectivity index (χ0n) is 14.1. The number of H-pyrrole nitrogens is 1. The van der Waals surface area contributed by atoms with Crippen LogP contribution in [0.15, 0.2) is 47.4 Å². The smallest absolute Gasteiger partial charge is 0.278 e. The van der Waals surface area contributed by atoms with Gasteiger partial charge in [-0.2, -0.15) is 10.4 Å². The predicted molar refractivity (Wildman–Crippen MR) is 95.0 cm³/mol. The Morgan fingerprint density at radius 2 is 2.26 bits per heavy atom. The van der Waals surface area contributed by atoms with Gasteiger partial charge in [-0.05, 0) is 24.3 Å². The van der Waals surface area contributed by atoms with Crippen LogP contribution >= 0.6 is 0 Å². The Balaban J connectivity index is 1.69. The highest BCUT2D eigenvalue weighted by molar-refractivity contribution is 6.06. The first-order valence-electron chi connectivity index (χ1n) is 7.83. The molecule has 0 spiro atoms. The van der Waals surface area contributed by atoms with Gasteiger partial charge in [0.05, 0.1) is 30.0 Å². The summed E-state index contributed by atoms with van der Waals surface area (Å²) in [5, 5.41) is 23.6. The molecule has 132 valence electrons. The third kappa shape index (κ3) is 2.85. The van der Waals surface area contributed by atoms with Crippen molar-refractivity contribution < 1.29 is 14.1 Å². The highest BCUT2D eigenvalue weighted by Crippen LogP contribution is 2.29. The van der Waals surface area contributed by atoms with E-state index in [1.165, 1.54) is 25.6 Å². The molecule has 27 heavy (non-hydrogen) atoms. The average molecular weight is 360 g/mol. The summed E-state index contributed by atoms with van der Waals surface area (Å²) in [7, 11) is 1.39. The summed E-state index contributed by atoms with van der Waals surface area (Å²) in [5.74, 6) is -0.356. The number of benzene rings is 1. The number of hydrogen-bond acceptors (Lipinski definition) is 7. The van der Waals surface area contributed by atoms with Crippen LogP contribution in [-0.2, 0) is 0 Å². The quantitative estimate of drug-likeness (QED) is 0.572. The number of aromatic nitrogens is 4. The number of hydrogen-bond donors (Lipinski definition) is 2. The number of aromatic amines is 1. The van der Waals surface area contributed by atoms with Crippen molar-refractivity contribution in [3.05, 3.63) is 54.2 Å². The molecule has 4 rings (SSSR count). The van der Waals surface area contributed by atoms with E-state index in [1.54, 1.807) is 24.4 Å². The predicted octanol–water partition coefficient (Wildman–Crippen LogP) is 2.75. The van der Waals surface area contributed by atoms with Gasteiger partial charge in [-0.1, -0.05) is 5.16 Å². The van der Waals surface area contributed by atoms with E-state index in [2.05, 4.69) is 25.7 Å². The van der Waals surface area contributed by atoms with Crippen LogP contribution in [-0.4, -0.2) is 33.4 Å². The molecule has 0 fully saturated rings. The number of nitrogens with zero attached hydrogens (tertiary/aromatic N) is 4. The molecular weight excluding hydrogens is 348 g/mol. The molecule has 0 bridgehead atoms. The molecule has 0 aliphatic rings. The summed E-state index contributed by atoms with van der Waals surface area (Å²) >= 11 is 0. The van der Waals surface area contributed by atoms with Crippen LogP contribution in [0.3, 0.4) is 0 Å². The topological polar surface area (TPSA) is 130 Å². The number of carbonyl (C=O) groups excluding carboxylic acids is 1. The Morgan fingerprint density at radius 3 is 3.00 bits per heavy atom. The minimum absolute atomic E-state index is 0.0306. The second-order valence-corrected chi connectivity index (χ2v) is 5.55. The van der Waals surface area contributed by atoms with Crippen molar-refractivity contribution in [1.82, 2.24) is 20.3 Å². The van der Waals surface area contributed by atoms with Crippen LogP contribution in [0.25, 0.3) is 22.2 Å². The zero-order valence-corrected chi connectivity index (χ0v) is 14.1. The van der Waals surface area contributed by atoms with Crippen LogP contribution in [0.2, 0.25) is 0 Å². The summed E-state index contributed by atoms with van der Waals surface area (Å²) in [4.78, 5) is 16.7. The molecule has 4 aromatic rings. The number of pyridine rings is 1. The van der Waals surface area contributed by atoms with E-state index < -0.39 is 5.91 Å². The largest absolute Gasteiger partial charge is 0.493 e. The second-order valence-electron chi connectivity index (χ2n) is 5.55. The average Bonchev–Trinajstić information content (AvgIpc) is 3.36.